The Labute approximate surface area is 304 Å². The Morgan fingerprint density at radius 2 is 1.57 bits per heavy atom. The number of hydrogen-bond acceptors (Lipinski definition) is 8. The van der Waals surface area contributed by atoms with Crippen molar-refractivity contribution in [1.82, 2.24) is 24.9 Å². The van der Waals surface area contributed by atoms with Crippen LogP contribution in [-0.2, 0) is 20.7 Å². The van der Waals surface area contributed by atoms with Crippen LogP contribution in [0.25, 0.3) is 0 Å². The Balaban J connectivity index is 1.08. The molecular formula is C35H45Br2N7O5. The molecule has 0 aromatic heterocycles. The van der Waals surface area contributed by atoms with Crippen molar-refractivity contribution >= 4 is 66.9 Å². The van der Waals surface area contributed by atoms with Gasteiger partial charge in [0.1, 0.15) is 6.04 Å². The third kappa shape index (κ3) is 8.83. The number of carbonyl (C=O) groups is 4. The van der Waals surface area contributed by atoms with Gasteiger partial charge < -0.3 is 30.9 Å². The highest BCUT2D eigenvalue weighted by Gasteiger charge is 2.35. The van der Waals surface area contributed by atoms with Crippen LogP contribution < -0.4 is 16.4 Å². The molecule has 0 radical (unpaired) electrons. The Morgan fingerprint density at radius 1 is 0.918 bits per heavy atom. The third-order valence-corrected chi connectivity index (χ3v) is 11.6. The molecule has 4 N–H and O–H groups in total. The molecule has 4 aliphatic rings. The first-order valence-corrected chi connectivity index (χ1v) is 18.8. The number of amides is 4. The van der Waals surface area contributed by atoms with Gasteiger partial charge in [0.15, 0.2) is 5.78 Å². The van der Waals surface area contributed by atoms with Gasteiger partial charge in [-0.2, -0.15) is 0 Å². The number of anilines is 2. The summed E-state index contributed by atoms with van der Waals surface area (Å²) < 4.78 is 6.64. The van der Waals surface area contributed by atoms with Crippen LogP contribution in [0.4, 0.5) is 16.2 Å². The number of nitrogens with two attached hydrogens (primary N) is 1. The first kappa shape index (κ1) is 35.8. The Bertz CT molecular complexity index is 1510. The molecule has 264 valence electrons. The monoisotopic (exact) mass is 801 g/mol. The number of urea groups is 1. The number of benzene rings is 2. The number of Topliss-reactive ketones (excluding diaryl/α,β-unsaturated/α-hetero) is 1. The van der Waals surface area contributed by atoms with E-state index in [1.165, 1.54) is 0 Å². The molecular weight excluding hydrogens is 758 g/mol. The number of para-hydroxylation sites is 1. The van der Waals surface area contributed by atoms with E-state index < -0.39 is 6.04 Å². The molecule has 0 spiro atoms. The minimum Gasteiger partial charge on any atom is -0.397 e. The second kappa shape index (κ2) is 16.3. The number of morpholine rings is 1. The Kier molecular flexibility index (Phi) is 11.9. The molecule has 0 saturated carbocycles. The number of nitrogens with zero attached hydrogens (tertiary/aromatic N) is 4. The van der Waals surface area contributed by atoms with E-state index in [4.69, 9.17) is 10.5 Å². The largest absolute Gasteiger partial charge is 0.397 e. The minimum atomic E-state index is -1.02. The summed E-state index contributed by atoms with van der Waals surface area (Å²) in [5.74, 6) is -0.833. The van der Waals surface area contributed by atoms with Crippen LogP contribution in [0.3, 0.4) is 0 Å². The van der Waals surface area contributed by atoms with Crippen LogP contribution in [-0.4, -0.2) is 127 Å². The zero-order valence-corrected chi connectivity index (χ0v) is 30.8. The SMILES string of the molecule is Nc1c(Br)cc(C(=O)C[C@@H](NC(=O)CN2CCC(N3CCOCC3)CC2)C(=O)N2CCC(N3CCc4ccccc4NC3=O)CC2)cc1Br. The van der Waals surface area contributed by atoms with Crippen LogP contribution in [0.1, 0.15) is 48.0 Å². The van der Waals surface area contributed by atoms with Crippen LogP contribution in [0.15, 0.2) is 45.3 Å². The summed E-state index contributed by atoms with van der Waals surface area (Å²) in [4.78, 5) is 62.4. The maximum Gasteiger partial charge on any atom is 0.322 e. The molecule has 2 aromatic carbocycles. The van der Waals surface area contributed by atoms with Crippen LogP contribution >= 0.6 is 31.9 Å². The number of carbonyl (C=O) groups excluding carboxylic acids is 4. The number of fused-ring (bicyclic) bond motifs is 1. The number of piperidine rings is 2. The molecule has 12 nitrogen and oxygen atoms in total. The van der Waals surface area contributed by atoms with E-state index >= 15 is 0 Å². The van der Waals surface area contributed by atoms with Crippen LogP contribution in [0, 0.1) is 0 Å². The van der Waals surface area contributed by atoms with Crippen molar-refractivity contribution in [2.75, 3.05) is 76.6 Å². The van der Waals surface area contributed by atoms with E-state index in [-0.39, 0.29) is 42.6 Å². The first-order valence-electron chi connectivity index (χ1n) is 17.2. The molecule has 0 bridgehead atoms. The van der Waals surface area contributed by atoms with E-state index in [1.807, 2.05) is 29.2 Å². The lowest BCUT2D eigenvalue weighted by molar-refractivity contribution is -0.138. The Morgan fingerprint density at radius 3 is 2.27 bits per heavy atom. The van der Waals surface area contributed by atoms with Crippen molar-refractivity contribution in [2.24, 2.45) is 0 Å². The number of likely N-dealkylation sites (tertiary alicyclic amines) is 2. The average molecular weight is 804 g/mol. The smallest absolute Gasteiger partial charge is 0.322 e. The van der Waals surface area contributed by atoms with Crippen LogP contribution in [0.5, 0.6) is 0 Å². The summed E-state index contributed by atoms with van der Waals surface area (Å²) in [5, 5.41) is 5.98. The number of ketones is 1. The molecule has 6 rings (SSSR count). The van der Waals surface area contributed by atoms with E-state index in [1.54, 1.807) is 17.0 Å². The highest BCUT2D eigenvalue weighted by Crippen LogP contribution is 2.31. The zero-order valence-electron chi connectivity index (χ0n) is 27.7. The topological polar surface area (TPSA) is 141 Å². The lowest BCUT2D eigenvalue weighted by Gasteiger charge is -2.40. The zero-order chi connectivity index (χ0) is 34.5. The second-order valence-corrected chi connectivity index (χ2v) is 15.1. The number of rotatable bonds is 9. The van der Waals surface area contributed by atoms with E-state index in [9.17, 15) is 19.2 Å². The summed E-state index contributed by atoms with van der Waals surface area (Å²) in [6.45, 7) is 6.63. The number of ether oxygens (including phenoxy) is 1. The molecule has 2 aromatic rings. The summed E-state index contributed by atoms with van der Waals surface area (Å²) in [7, 11) is 0. The molecule has 1 atom stereocenters. The van der Waals surface area contributed by atoms with Gasteiger partial charge in [-0.1, -0.05) is 18.2 Å². The van der Waals surface area contributed by atoms with Gasteiger partial charge in [-0.15, -0.1) is 0 Å². The van der Waals surface area contributed by atoms with Gasteiger partial charge in [0.05, 0.1) is 25.4 Å². The van der Waals surface area contributed by atoms with Gasteiger partial charge in [-0.25, -0.2) is 4.79 Å². The fourth-order valence-electron chi connectivity index (χ4n) is 7.43. The van der Waals surface area contributed by atoms with Gasteiger partial charge in [0.2, 0.25) is 11.8 Å². The van der Waals surface area contributed by atoms with Crippen LogP contribution in [0.2, 0.25) is 0 Å². The predicted octanol–water partition coefficient (Wildman–Crippen LogP) is 3.73. The molecule has 0 unspecified atom stereocenters. The molecule has 0 aliphatic carbocycles. The van der Waals surface area contributed by atoms with E-state index in [0.29, 0.717) is 58.7 Å². The Hall–Kier alpha value is -3.04. The summed E-state index contributed by atoms with van der Waals surface area (Å²) in [5.41, 5.74) is 8.85. The summed E-state index contributed by atoms with van der Waals surface area (Å²) >= 11 is 6.81. The second-order valence-electron chi connectivity index (χ2n) is 13.3. The van der Waals surface area contributed by atoms with Gasteiger partial charge in [0, 0.05) is 84.5 Å². The van der Waals surface area contributed by atoms with Crippen molar-refractivity contribution in [3.05, 3.63) is 56.5 Å². The molecule has 4 aliphatic heterocycles. The van der Waals surface area contributed by atoms with E-state index in [0.717, 1.165) is 69.9 Å². The fraction of sp³-hybridized carbons (Fsp3) is 0.543. The maximum absolute atomic E-state index is 14.0. The highest BCUT2D eigenvalue weighted by atomic mass is 79.9. The standard InChI is InChI=1S/C35H45Br2N7O5/c36-27-19-24(20-28(37)33(27)38)31(45)21-30(39-32(46)22-41-10-6-25(7-11-41)42-15-17-49-18-16-42)34(47)43-12-8-26(9-13-43)44-14-5-23-3-1-2-4-29(23)40-35(44)48/h1-4,19-20,25-26,30H,5-18,21-22,38H2,(H,39,46)(H,40,48)/t30-/m1/s1. The molecule has 14 heteroatoms. The molecule has 4 heterocycles. The predicted molar refractivity (Wildman–Crippen MR) is 194 cm³/mol. The van der Waals surface area contributed by atoms with Crippen molar-refractivity contribution in [3.8, 4) is 0 Å². The molecule has 4 amide bonds. The maximum atomic E-state index is 14.0. The summed E-state index contributed by atoms with van der Waals surface area (Å²) in [6, 6.07) is 10.5. The molecule has 49 heavy (non-hydrogen) atoms. The first-order chi connectivity index (χ1) is 23.7. The average Bonchev–Trinajstić information content (AvgIpc) is 3.28. The number of nitrogen functional groups attached to an aromatic ring is 1. The normalized spacial score (nSPS) is 20.7. The van der Waals surface area contributed by atoms with Gasteiger partial charge in [-0.3, -0.25) is 24.2 Å². The number of hydrogen-bond donors (Lipinski definition) is 3. The van der Waals surface area contributed by atoms with Crippen molar-refractivity contribution in [2.45, 2.75) is 56.7 Å². The van der Waals surface area contributed by atoms with Crippen molar-refractivity contribution in [3.63, 3.8) is 0 Å². The minimum absolute atomic E-state index is 0.0158. The van der Waals surface area contributed by atoms with Gasteiger partial charge in [-0.05, 0) is 87.7 Å². The fourth-order valence-corrected chi connectivity index (χ4v) is 8.62. The lowest BCUT2D eigenvalue weighted by Crippen LogP contribution is -2.56. The molecule has 3 saturated heterocycles. The van der Waals surface area contributed by atoms with Crippen molar-refractivity contribution in [1.29, 1.82) is 0 Å². The highest BCUT2D eigenvalue weighted by molar-refractivity contribution is 9.11. The summed E-state index contributed by atoms with van der Waals surface area (Å²) in [6.07, 6.45) is 3.75. The molecule has 3 fully saturated rings. The van der Waals surface area contributed by atoms with Gasteiger partial charge in [0.25, 0.3) is 0 Å². The lowest BCUT2D eigenvalue weighted by atomic mass is 9.99. The van der Waals surface area contributed by atoms with E-state index in [2.05, 4.69) is 52.3 Å². The van der Waals surface area contributed by atoms with Gasteiger partial charge >= 0.3 is 6.03 Å². The number of halogens is 2. The third-order valence-electron chi connectivity index (χ3n) is 10.3. The number of nitrogens with one attached hydrogen (secondary N) is 2. The quantitative estimate of drug-likeness (QED) is 0.258. The van der Waals surface area contributed by atoms with Crippen molar-refractivity contribution < 1.29 is 23.9 Å².